The molecule has 1 amide bonds. The maximum absolute atomic E-state index is 10.7. The molecular weight excluding hydrogens is 282 g/mol. The monoisotopic (exact) mass is 295 g/mol. The summed E-state index contributed by atoms with van der Waals surface area (Å²) in [5.74, 6) is 0.756. The van der Waals surface area contributed by atoms with Crippen molar-refractivity contribution in [3.63, 3.8) is 0 Å². The van der Waals surface area contributed by atoms with Crippen molar-refractivity contribution in [2.45, 2.75) is 18.9 Å². The van der Waals surface area contributed by atoms with Gasteiger partial charge in [-0.25, -0.2) is 14.8 Å². The summed E-state index contributed by atoms with van der Waals surface area (Å²) in [5.41, 5.74) is 6.68. The minimum absolute atomic E-state index is 0.127. The van der Waals surface area contributed by atoms with Gasteiger partial charge >= 0.3 is 6.09 Å². The third-order valence-electron chi connectivity index (χ3n) is 3.38. The number of piperidine rings is 1. The summed E-state index contributed by atoms with van der Waals surface area (Å²) in [7, 11) is 0. The number of hydrogen-bond acceptors (Lipinski definition) is 5. The summed E-state index contributed by atoms with van der Waals surface area (Å²) in [5, 5.41) is 0.423. The number of amides is 1. The van der Waals surface area contributed by atoms with E-state index in [-0.39, 0.29) is 6.10 Å². The maximum atomic E-state index is 10.7. The molecule has 0 aromatic carbocycles. The lowest BCUT2D eigenvalue weighted by atomic mass is 10.1. The fourth-order valence-corrected chi connectivity index (χ4v) is 2.66. The Kier molecular flexibility index (Phi) is 3.35. The predicted molar refractivity (Wildman–Crippen MR) is 74.8 cm³/mol. The number of carbonyl (C=O) groups is 1. The topological polar surface area (TPSA) is 97.1 Å². The van der Waals surface area contributed by atoms with Crippen molar-refractivity contribution >= 4 is 34.5 Å². The summed E-state index contributed by atoms with van der Waals surface area (Å²) in [6, 6.07) is 1.75. The largest absolute Gasteiger partial charge is 0.446 e. The molecule has 1 aliphatic heterocycles. The van der Waals surface area contributed by atoms with Crippen LogP contribution in [-0.4, -0.2) is 40.2 Å². The van der Waals surface area contributed by atoms with Crippen LogP contribution in [0.4, 0.5) is 10.6 Å². The number of halogens is 1. The number of imidazole rings is 1. The molecule has 2 aromatic rings. The molecule has 3 rings (SSSR count). The Balaban J connectivity index is 1.79. The smallest absolute Gasteiger partial charge is 0.404 e. The number of rotatable bonds is 2. The zero-order chi connectivity index (χ0) is 14.1. The van der Waals surface area contributed by atoms with Crippen LogP contribution in [0.2, 0.25) is 5.15 Å². The van der Waals surface area contributed by atoms with Crippen LogP contribution >= 0.6 is 11.6 Å². The number of carbonyl (C=O) groups excluding carboxylic acids is 1. The second kappa shape index (κ2) is 5.16. The van der Waals surface area contributed by atoms with E-state index in [0.717, 1.165) is 16.9 Å². The Morgan fingerprint density at radius 1 is 1.50 bits per heavy atom. The number of nitrogens with two attached hydrogens (primary N) is 1. The highest BCUT2D eigenvalue weighted by Crippen LogP contribution is 2.27. The maximum Gasteiger partial charge on any atom is 0.404 e. The Morgan fingerprint density at radius 2 is 2.25 bits per heavy atom. The van der Waals surface area contributed by atoms with Crippen molar-refractivity contribution in [3.05, 3.63) is 17.5 Å². The summed E-state index contributed by atoms with van der Waals surface area (Å²) >= 11 is 6.03. The number of ether oxygens (including phenoxy) is 1. The second-order valence-electron chi connectivity index (χ2n) is 4.69. The molecule has 0 saturated carbocycles. The molecule has 106 valence electrons. The number of aromatic nitrogens is 3. The van der Waals surface area contributed by atoms with Crippen LogP contribution in [0.1, 0.15) is 12.8 Å². The third kappa shape index (κ3) is 2.49. The highest BCUT2D eigenvalue weighted by Gasteiger charge is 2.24. The molecule has 0 unspecified atom stereocenters. The van der Waals surface area contributed by atoms with E-state index in [1.54, 1.807) is 12.4 Å². The van der Waals surface area contributed by atoms with Crippen molar-refractivity contribution in [2.75, 3.05) is 18.0 Å². The van der Waals surface area contributed by atoms with E-state index in [2.05, 4.69) is 19.9 Å². The average molecular weight is 296 g/mol. The van der Waals surface area contributed by atoms with Gasteiger partial charge in [0.15, 0.2) is 5.82 Å². The SMILES string of the molecule is NC(=O)OC1CCN(c2nc(Cl)cc3[nH]cnc23)CC1. The number of nitrogens with zero attached hydrogens (tertiary/aromatic N) is 3. The van der Waals surface area contributed by atoms with Gasteiger partial charge < -0.3 is 20.4 Å². The first-order valence-corrected chi connectivity index (χ1v) is 6.72. The molecule has 1 fully saturated rings. The van der Waals surface area contributed by atoms with Crippen LogP contribution in [-0.2, 0) is 4.74 Å². The van der Waals surface area contributed by atoms with Gasteiger partial charge in [0.2, 0.25) is 0 Å². The van der Waals surface area contributed by atoms with Gasteiger partial charge in [0.05, 0.1) is 11.8 Å². The van der Waals surface area contributed by atoms with E-state index in [0.29, 0.717) is 31.1 Å². The molecule has 0 spiro atoms. The first kappa shape index (κ1) is 13.0. The molecule has 3 N–H and O–H groups in total. The van der Waals surface area contributed by atoms with Crippen molar-refractivity contribution in [1.29, 1.82) is 0 Å². The minimum Gasteiger partial charge on any atom is -0.446 e. The van der Waals surface area contributed by atoms with Crippen LogP contribution in [0.25, 0.3) is 11.0 Å². The summed E-state index contributed by atoms with van der Waals surface area (Å²) < 4.78 is 5.02. The fourth-order valence-electron chi connectivity index (χ4n) is 2.47. The highest BCUT2D eigenvalue weighted by atomic mass is 35.5. The van der Waals surface area contributed by atoms with Crippen LogP contribution in [0.15, 0.2) is 12.4 Å². The number of anilines is 1. The third-order valence-corrected chi connectivity index (χ3v) is 3.57. The molecule has 0 aliphatic carbocycles. The molecule has 0 atom stereocenters. The van der Waals surface area contributed by atoms with Crippen molar-refractivity contribution in [1.82, 2.24) is 15.0 Å². The number of pyridine rings is 1. The van der Waals surface area contributed by atoms with Gasteiger partial charge in [0.25, 0.3) is 0 Å². The quantitative estimate of drug-likeness (QED) is 0.822. The molecule has 1 aliphatic rings. The Bertz CT molecular complexity index is 636. The van der Waals surface area contributed by atoms with Crippen LogP contribution in [0.3, 0.4) is 0 Å². The zero-order valence-corrected chi connectivity index (χ0v) is 11.4. The summed E-state index contributed by atoms with van der Waals surface area (Å²) in [4.78, 5) is 24.5. The highest BCUT2D eigenvalue weighted by molar-refractivity contribution is 6.30. The predicted octanol–water partition coefficient (Wildman–Crippen LogP) is 1.68. The van der Waals surface area contributed by atoms with Crippen molar-refractivity contribution < 1.29 is 9.53 Å². The van der Waals surface area contributed by atoms with Gasteiger partial charge in [-0.3, -0.25) is 0 Å². The minimum atomic E-state index is -0.723. The van der Waals surface area contributed by atoms with Gasteiger partial charge in [-0.15, -0.1) is 0 Å². The second-order valence-corrected chi connectivity index (χ2v) is 5.08. The molecule has 7 nitrogen and oxygen atoms in total. The summed E-state index contributed by atoms with van der Waals surface area (Å²) in [6.45, 7) is 1.43. The fraction of sp³-hybridized carbons (Fsp3) is 0.417. The number of nitrogens with one attached hydrogen (secondary N) is 1. The first-order valence-electron chi connectivity index (χ1n) is 6.34. The molecule has 3 heterocycles. The standard InChI is InChI=1S/C12H14ClN5O2/c13-9-5-8-10(16-6-15-8)11(17-9)18-3-1-7(2-4-18)20-12(14)19/h5-7H,1-4H2,(H2,14,19)(H,15,16). The summed E-state index contributed by atoms with van der Waals surface area (Å²) in [6.07, 6.45) is 2.19. The Morgan fingerprint density at radius 3 is 2.95 bits per heavy atom. The van der Waals surface area contributed by atoms with E-state index in [1.807, 2.05) is 0 Å². The number of primary amides is 1. The van der Waals surface area contributed by atoms with Crippen LogP contribution < -0.4 is 10.6 Å². The van der Waals surface area contributed by atoms with Crippen LogP contribution in [0, 0.1) is 0 Å². The number of aromatic amines is 1. The van der Waals surface area contributed by atoms with E-state index in [4.69, 9.17) is 22.1 Å². The van der Waals surface area contributed by atoms with E-state index in [9.17, 15) is 4.79 Å². The Labute approximate surface area is 120 Å². The molecule has 20 heavy (non-hydrogen) atoms. The molecule has 0 bridgehead atoms. The molecule has 2 aromatic heterocycles. The molecule has 0 radical (unpaired) electrons. The lowest BCUT2D eigenvalue weighted by Gasteiger charge is -2.32. The van der Waals surface area contributed by atoms with E-state index in [1.165, 1.54) is 0 Å². The molecule has 8 heteroatoms. The molecule has 1 saturated heterocycles. The lowest BCUT2D eigenvalue weighted by molar-refractivity contribution is 0.0912. The first-order chi connectivity index (χ1) is 9.63. The number of hydrogen-bond donors (Lipinski definition) is 2. The number of fused-ring (bicyclic) bond motifs is 1. The number of H-pyrrole nitrogens is 1. The van der Waals surface area contributed by atoms with Crippen LogP contribution in [0.5, 0.6) is 0 Å². The van der Waals surface area contributed by atoms with Crippen molar-refractivity contribution in [2.24, 2.45) is 5.73 Å². The normalized spacial score (nSPS) is 16.6. The average Bonchev–Trinajstić information content (AvgIpc) is 2.86. The van der Waals surface area contributed by atoms with Gasteiger partial charge in [0.1, 0.15) is 16.8 Å². The lowest BCUT2D eigenvalue weighted by Crippen LogP contribution is -2.39. The van der Waals surface area contributed by atoms with Gasteiger partial charge in [-0.2, -0.15) is 0 Å². The van der Waals surface area contributed by atoms with E-state index < -0.39 is 6.09 Å². The molecular formula is C12H14ClN5O2. The van der Waals surface area contributed by atoms with Gasteiger partial charge in [-0.05, 0) is 0 Å². The zero-order valence-electron chi connectivity index (χ0n) is 10.7. The van der Waals surface area contributed by atoms with Crippen molar-refractivity contribution in [3.8, 4) is 0 Å². The van der Waals surface area contributed by atoms with Gasteiger partial charge in [0, 0.05) is 32.0 Å². The Hall–Kier alpha value is -2.02. The van der Waals surface area contributed by atoms with Gasteiger partial charge in [-0.1, -0.05) is 11.6 Å². The van der Waals surface area contributed by atoms with E-state index >= 15 is 0 Å².